The summed E-state index contributed by atoms with van der Waals surface area (Å²) in [5.74, 6) is -0.0255. The van der Waals surface area contributed by atoms with Gasteiger partial charge in [-0.2, -0.15) is 0 Å². The van der Waals surface area contributed by atoms with Crippen LogP contribution in [0.5, 0.6) is 28.7 Å². The van der Waals surface area contributed by atoms with Crippen molar-refractivity contribution in [3.8, 4) is 39.9 Å². The van der Waals surface area contributed by atoms with E-state index in [1.165, 1.54) is 27.4 Å². The number of esters is 1. The molecule has 0 bridgehead atoms. The molecule has 3 aromatic rings. The van der Waals surface area contributed by atoms with Gasteiger partial charge in [0.15, 0.2) is 23.0 Å². The fraction of sp³-hybridized carbons (Fsp3) is 0.250. The van der Waals surface area contributed by atoms with E-state index in [0.717, 1.165) is 0 Å². The number of carbonyl (C=O) groups excluding carboxylic acids is 1. The average Bonchev–Trinajstić information content (AvgIpc) is 3.27. The van der Waals surface area contributed by atoms with Crippen LogP contribution in [-0.2, 0) is 4.74 Å². The molecule has 0 spiro atoms. The Labute approximate surface area is 189 Å². The van der Waals surface area contributed by atoms with Crippen LogP contribution in [0.25, 0.3) is 21.9 Å². The number of aromatic carboxylic acids is 1. The third-order valence-corrected chi connectivity index (χ3v) is 5.30. The van der Waals surface area contributed by atoms with Gasteiger partial charge in [0.25, 0.3) is 0 Å². The number of ether oxygens (including phenoxy) is 6. The Balaban J connectivity index is 2.16. The van der Waals surface area contributed by atoms with Crippen molar-refractivity contribution >= 4 is 22.7 Å². The maximum atomic E-state index is 13.0. The molecule has 172 valence electrons. The van der Waals surface area contributed by atoms with Gasteiger partial charge in [-0.1, -0.05) is 0 Å². The molecule has 0 aliphatic carbocycles. The minimum absolute atomic E-state index is 0.0433. The van der Waals surface area contributed by atoms with E-state index in [-0.39, 0.29) is 24.5 Å². The molecule has 0 saturated carbocycles. The zero-order valence-corrected chi connectivity index (χ0v) is 18.5. The van der Waals surface area contributed by atoms with Gasteiger partial charge in [0.05, 0.1) is 39.1 Å². The van der Waals surface area contributed by atoms with Crippen LogP contribution in [0, 0.1) is 0 Å². The summed E-state index contributed by atoms with van der Waals surface area (Å²) in [5, 5.41) is 11.1. The van der Waals surface area contributed by atoms with Gasteiger partial charge in [-0.25, -0.2) is 9.59 Å². The second kappa shape index (κ2) is 8.78. The van der Waals surface area contributed by atoms with Crippen LogP contribution in [0.4, 0.5) is 0 Å². The number of benzene rings is 3. The molecule has 9 heteroatoms. The van der Waals surface area contributed by atoms with Crippen LogP contribution in [0.2, 0.25) is 0 Å². The van der Waals surface area contributed by atoms with Gasteiger partial charge in [0, 0.05) is 5.56 Å². The number of carboxylic acid groups (broad SMARTS) is 1. The van der Waals surface area contributed by atoms with Gasteiger partial charge in [-0.05, 0) is 53.6 Å². The lowest BCUT2D eigenvalue weighted by Gasteiger charge is -2.19. The van der Waals surface area contributed by atoms with E-state index in [9.17, 15) is 14.7 Å². The van der Waals surface area contributed by atoms with E-state index in [4.69, 9.17) is 28.4 Å². The maximum Gasteiger partial charge on any atom is 0.339 e. The topological polar surface area (TPSA) is 110 Å². The SMILES string of the molecule is CCOC(=O)c1c(C(=O)O)cc2cc3c(cc2c1-c1cc(OC)c(OC)c(OC)c1)OCO3. The molecule has 9 nitrogen and oxygen atoms in total. The number of carboxylic acids is 1. The first-order valence-corrected chi connectivity index (χ1v) is 10.0. The van der Waals surface area contributed by atoms with Crippen molar-refractivity contribution in [3.63, 3.8) is 0 Å². The number of hydrogen-bond acceptors (Lipinski definition) is 8. The molecule has 33 heavy (non-hydrogen) atoms. The van der Waals surface area contributed by atoms with Gasteiger partial charge < -0.3 is 33.5 Å². The molecule has 4 rings (SSSR count). The van der Waals surface area contributed by atoms with E-state index in [2.05, 4.69) is 0 Å². The molecule has 1 aliphatic heterocycles. The summed E-state index contributed by atoms with van der Waals surface area (Å²) in [6.45, 7) is 1.77. The lowest BCUT2D eigenvalue weighted by atomic mass is 9.89. The second-order valence-corrected chi connectivity index (χ2v) is 7.04. The van der Waals surface area contributed by atoms with Gasteiger partial charge in [0.2, 0.25) is 12.5 Å². The summed E-state index contributed by atoms with van der Waals surface area (Å²) in [7, 11) is 4.42. The molecular formula is C24H22O9. The Morgan fingerprint density at radius 1 is 0.939 bits per heavy atom. The highest BCUT2D eigenvalue weighted by Gasteiger charge is 2.28. The van der Waals surface area contributed by atoms with Gasteiger partial charge in [-0.3, -0.25) is 0 Å². The van der Waals surface area contributed by atoms with Crippen molar-refractivity contribution in [1.29, 1.82) is 0 Å². The minimum atomic E-state index is -1.27. The van der Waals surface area contributed by atoms with Crippen LogP contribution in [-0.4, -0.2) is 51.8 Å². The van der Waals surface area contributed by atoms with Gasteiger partial charge in [0.1, 0.15) is 0 Å². The first kappa shape index (κ1) is 22.1. The van der Waals surface area contributed by atoms with Crippen molar-refractivity contribution in [2.75, 3.05) is 34.7 Å². The molecule has 0 atom stereocenters. The van der Waals surface area contributed by atoms with E-state index < -0.39 is 11.9 Å². The van der Waals surface area contributed by atoms with Crippen LogP contribution in [0.15, 0.2) is 30.3 Å². The predicted molar refractivity (Wildman–Crippen MR) is 118 cm³/mol. The number of methoxy groups -OCH3 is 3. The molecular weight excluding hydrogens is 432 g/mol. The molecule has 1 N–H and O–H groups in total. The zero-order valence-electron chi connectivity index (χ0n) is 18.5. The number of hydrogen-bond donors (Lipinski definition) is 1. The molecule has 3 aromatic carbocycles. The summed E-state index contributed by atoms with van der Waals surface area (Å²) in [6, 6.07) is 8.11. The first-order valence-electron chi connectivity index (χ1n) is 10.0. The molecule has 0 unspecified atom stereocenters. The van der Waals surface area contributed by atoms with Crippen molar-refractivity contribution in [2.45, 2.75) is 6.92 Å². The third kappa shape index (κ3) is 3.71. The highest BCUT2D eigenvalue weighted by Crippen LogP contribution is 2.46. The summed E-state index contributed by atoms with van der Waals surface area (Å²) in [5.41, 5.74) is 0.508. The molecule has 1 heterocycles. The zero-order chi connectivity index (χ0) is 23.7. The number of fused-ring (bicyclic) bond motifs is 2. The largest absolute Gasteiger partial charge is 0.493 e. The summed E-state index contributed by atoms with van der Waals surface area (Å²) in [4.78, 5) is 25.2. The van der Waals surface area contributed by atoms with E-state index in [1.807, 2.05) is 0 Å². The lowest BCUT2D eigenvalue weighted by Crippen LogP contribution is -2.14. The van der Waals surface area contributed by atoms with Crippen LogP contribution < -0.4 is 23.7 Å². The summed E-state index contributed by atoms with van der Waals surface area (Å²) < 4.78 is 32.6. The number of carbonyl (C=O) groups is 2. The Hall–Kier alpha value is -4.14. The fourth-order valence-electron chi connectivity index (χ4n) is 3.90. The molecule has 0 fully saturated rings. The van der Waals surface area contributed by atoms with Crippen molar-refractivity contribution < 1.29 is 43.1 Å². The maximum absolute atomic E-state index is 13.0. The standard InChI is InChI=1S/C24H22O9/c1-5-31-24(27)21-15(23(25)26)6-12-7-16-17(33-11-32-16)10-14(12)20(21)13-8-18(28-2)22(30-4)19(9-13)29-3/h6-10H,5,11H2,1-4H3,(H,25,26). The van der Waals surface area contributed by atoms with E-state index >= 15 is 0 Å². The Morgan fingerprint density at radius 2 is 1.58 bits per heavy atom. The molecule has 0 aromatic heterocycles. The van der Waals surface area contributed by atoms with Crippen molar-refractivity contribution in [1.82, 2.24) is 0 Å². The second-order valence-electron chi connectivity index (χ2n) is 7.04. The quantitative estimate of drug-likeness (QED) is 0.527. The molecule has 0 saturated heterocycles. The Morgan fingerprint density at radius 3 is 2.12 bits per heavy atom. The van der Waals surface area contributed by atoms with Gasteiger partial charge in [-0.15, -0.1) is 0 Å². The smallest absolute Gasteiger partial charge is 0.339 e. The highest BCUT2D eigenvalue weighted by molar-refractivity contribution is 6.15. The van der Waals surface area contributed by atoms with E-state index in [0.29, 0.717) is 50.6 Å². The first-order chi connectivity index (χ1) is 15.9. The normalized spacial score (nSPS) is 11.9. The van der Waals surface area contributed by atoms with Crippen LogP contribution in [0.1, 0.15) is 27.6 Å². The molecule has 1 aliphatic rings. The minimum Gasteiger partial charge on any atom is -0.493 e. The van der Waals surface area contributed by atoms with Crippen LogP contribution >= 0.6 is 0 Å². The predicted octanol–water partition coefficient (Wildman–Crippen LogP) is 4.14. The monoisotopic (exact) mass is 454 g/mol. The Kier molecular flexibility index (Phi) is 5.87. The fourth-order valence-corrected chi connectivity index (χ4v) is 3.90. The van der Waals surface area contributed by atoms with Crippen molar-refractivity contribution in [3.05, 3.63) is 41.5 Å². The summed E-state index contributed by atoms with van der Waals surface area (Å²) >= 11 is 0. The summed E-state index contributed by atoms with van der Waals surface area (Å²) in [6.07, 6.45) is 0. The van der Waals surface area contributed by atoms with Gasteiger partial charge >= 0.3 is 11.9 Å². The van der Waals surface area contributed by atoms with E-state index in [1.54, 1.807) is 31.2 Å². The van der Waals surface area contributed by atoms with Crippen LogP contribution in [0.3, 0.4) is 0 Å². The average molecular weight is 454 g/mol. The molecule has 0 amide bonds. The Bertz CT molecular complexity index is 1240. The molecule has 0 radical (unpaired) electrons. The third-order valence-electron chi connectivity index (χ3n) is 5.30. The number of rotatable bonds is 7. The highest BCUT2D eigenvalue weighted by atomic mass is 16.7. The van der Waals surface area contributed by atoms with Crippen molar-refractivity contribution in [2.24, 2.45) is 0 Å². The lowest BCUT2D eigenvalue weighted by molar-refractivity contribution is 0.0515.